The number of allylic oxidation sites excluding steroid dienone is 3. The first kappa shape index (κ1) is 14.9. The second kappa shape index (κ2) is 4.46. The van der Waals surface area contributed by atoms with Crippen molar-refractivity contribution in [2.75, 3.05) is 0 Å². The zero-order chi connectivity index (χ0) is 15.8. The van der Waals surface area contributed by atoms with Crippen molar-refractivity contribution in [3.63, 3.8) is 0 Å². The Hall–Kier alpha value is -0.640. The van der Waals surface area contributed by atoms with E-state index in [9.17, 15) is 10.2 Å². The summed E-state index contributed by atoms with van der Waals surface area (Å²) in [5.74, 6) is -0.279. The van der Waals surface area contributed by atoms with Crippen molar-refractivity contribution in [1.82, 2.24) is 0 Å². The molecule has 3 heteroatoms. The van der Waals surface area contributed by atoms with E-state index < -0.39 is 11.2 Å². The molecule has 6 atom stereocenters. The minimum atomic E-state index is -1.52. The summed E-state index contributed by atoms with van der Waals surface area (Å²) >= 11 is 0. The van der Waals surface area contributed by atoms with Crippen LogP contribution in [-0.4, -0.2) is 22.0 Å². The van der Waals surface area contributed by atoms with Crippen LogP contribution in [0.5, 0.6) is 0 Å². The molecule has 2 fully saturated rings. The van der Waals surface area contributed by atoms with Crippen molar-refractivity contribution in [3.8, 4) is 0 Å². The van der Waals surface area contributed by atoms with Gasteiger partial charge in [-0.3, -0.25) is 0 Å². The van der Waals surface area contributed by atoms with Gasteiger partial charge >= 0.3 is 0 Å². The molecule has 1 unspecified atom stereocenters. The lowest BCUT2D eigenvalue weighted by Crippen LogP contribution is -2.58. The maximum atomic E-state index is 10.5. The van der Waals surface area contributed by atoms with Crippen molar-refractivity contribution in [3.05, 3.63) is 23.8 Å². The van der Waals surface area contributed by atoms with Gasteiger partial charge in [-0.25, -0.2) is 0 Å². The predicted molar refractivity (Wildman–Crippen MR) is 86.8 cm³/mol. The van der Waals surface area contributed by atoms with Gasteiger partial charge in [-0.15, -0.1) is 0 Å². The van der Waals surface area contributed by atoms with Gasteiger partial charge in [0.05, 0.1) is 0 Å². The first-order valence-corrected chi connectivity index (χ1v) is 8.89. The van der Waals surface area contributed by atoms with Gasteiger partial charge in [0.15, 0.2) is 5.79 Å². The third-order valence-corrected chi connectivity index (χ3v) is 7.79. The van der Waals surface area contributed by atoms with Gasteiger partial charge in [0, 0.05) is 23.3 Å². The zero-order valence-corrected chi connectivity index (χ0v) is 13.8. The molecule has 4 rings (SSSR count). The van der Waals surface area contributed by atoms with Crippen LogP contribution in [0.25, 0.3) is 0 Å². The van der Waals surface area contributed by atoms with Crippen LogP contribution in [0.2, 0.25) is 0 Å². The summed E-state index contributed by atoms with van der Waals surface area (Å²) < 4.78 is 0. The summed E-state index contributed by atoms with van der Waals surface area (Å²) in [4.78, 5) is 0. The number of hydrogen-bond acceptors (Lipinski definition) is 3. The molecule has 4 N–H and O–H groups in total. The topological polar surface area (TPSA) is 66.5 Å². The molecule has 22 heavy (non-hydrogen) atoms. The lowest BCUT2D eigenvalue weighted by Gasteiger charge is -2.58. The van der Waals surface area contributed by atoms with Gasteiger partial charge in [0.1, 0.15) is 0 Å². The van der Waals surface area contributed by atoms with Gasteiger partial charge < -0.3 is 15.9 Å². The summed E-state index contributed by atoms with van der Waals surface area (Å²) in [5.41, 5.74) is 7.85. The summed E-state index contributed by atoms with van der Waals surface area (Å²) in [5, 5.41) is 21.0. The van der Waals surface area contributed by atoms with E-state index in [1.807, 2.05) is 0 Å². The molecule has 4 aliphatic carbocycles. The van der Waals surface area contributed by atoms with E-state index in [0.29, 0.717) is 24.2 Å². The van der Waals surface area contributed by atoms with Crippen LogP contribution in [0.1, 0.15) is 52.4 Å². The Morgan fingerprint density at radius 3 is 2.64 bits per heavy atom. The van der Waals surface area contributed by atoms with Crippen molar-refractivity contribution in [2.24, 2.45) is 34.3 Å². The monoisotopic (exact) mass is 303 g/mol. The predicted octanol–water partition coefficient (Wildman–Crippen LogP) is 2.73. The molecule has 0 aromatic rings. The number of aliphatic hydroxyl groups is 2. The fraction of sp³-hybridized carbons (Fsp3) is 0.789. The highest BCUT2D eigenvalue weighted by Gasteiger charge is 2.64. The molecule has 0 radical (unpaired) electrons. The van der Waals surface area contributed by atoms with E-state index in [4.69, 9.17) is 5.73 Å². The molecule has 0 heterocycles. The molecule has 3 nitrogen and oxygen atoms in total. The largest absolute Gasteiger partial charge is 0.365 e. The fourth-order valence-corrected chi connectivity index (χ4v) is 6.34. The Balaban J connectivity index is 1.78. The van der Waals surface area contributed by atoms with Gasteiger partial charge in [-0.05, 0) is 49.9 Å². The van der Waals surface area contributed by atoms with Crippen molar-refractivity contribution in [1.29, 1.82) is 0 Å². The smallest absolute Gasteiger partial charge is 0.168 e. The minimum absolute atomic E-state index is 0.0677. The highest BCUT2D eigenvalue weighted by Crippen LogP contribution is 2.65. The van der Waals surface area contributed by atoms with Crippen molar-refractivity contribution < 1.29 is 10.2 Å². The quantitative estimate of drug-likeness (QED) is 0.476. The lowest BCUT2D eigenvalue weighted by atomic mass is 9.48. The van der Waals surface area contributed by atoms with E-state index >= 15 is 0 Å². The highest BCUT2D eigenvalue weighted by molar-refractivity contribution is 5.33. The summed E-state index contributed by atoms with van der Waals surface area (Å²) in [6, 6.07) is 0.0677. The van der Waals surface area contributed by atoms with E-state index in [-0.39, 0.29) is 11.5 Å². The Kier molecular flexibility index (Phi) is 3.03. The standard InChI is InChI=1S/C19H29NO2/c1-17-8-4-3-5-12(17)11-15(20)16-13(17)6-9-18(2)14(16)7-10-19(18,21)22/h4,8,11,13-16,21-22H,3,5-7,9-10,20H2,1-2H3/t13-,14+,15?,16-,17+,18+/m1/s1. The SMILES string of the molecule is C[C@]12C=CCCC1=CC(N)[C@@H]1[C@H]2CC[C@@]2(C)[C@H]1CCC2(O)O. The van der Waals surface area contributed by atoms with E-state index in [1.54, 1.807) is 0 Å². The second-order valence-electron chi connectivity index (χ2n) is 8.59. The molecule has 0 aromatic carbocycles. The van der Waals surface area contributed by atoms with Crippen molar-refractivity contribution >= 4 is 0 Å². The fourth-order valence-electron chi connectivity index (χ4n) is 6.34. The molecule has 0 saturated heterocycles. The molecular formula is C19H29NO2. The van der Waals surface area contributed by atoms with E-state index in [0.717, 1.165) is 32.1 Å². The van der Waals surface area contributed by atoms with Crippen LogP contribution in [0.15, 0.2) is 23.8 Å². The number of hydrogen-bond donors (Lipinski definition) is 3. The zero-order valence-electron chi connectivity index (χ0n) is 13.8. The molecule has 0 aliphatic heterocycles. The normalized spacial score (nSPS) is 52.5. The Bertz CT molecular complexity index is 552. The molecule has 0 aromatic heterocycles. The number of rotatable bonds is 0. The first-order valence-electron chi connectivity index (χ1n) is 8.89. The van der Waals surface area contributed by atoms with Crippen LogP contribution < -0.4 is 5.73 Å². The third-order valence-electron chi connectivity index (χ3n) is 7.79. The summed E-state index contributed by atoms with van der Waals surface area (Å²) in [6.07, 6.45) is 12.6. The average Bonchev–Trinajstić information content (AvgIpc) is 2.70. The maximum absolute atomic E-state index is 10.5. The van der Waals surface area contributed by atoms with Crippen LogP contribution >= 0.6 is 0 Å². The number of nitrogens with two attached hydrogens (primary N) is 1. The Morgan fingerprint density at radius 1 is 1.14 bits per heavy atom. The molecule has 2 saturated carbocycles. The third kappa shape index (κ3) is 1.68. The Labute approximate surface area is 133 Å². The van der Waals surface area contributed by atoms with Gasteiger partial charge in [0.25, 0.3) is 0 Å². The van der Waals surface area contributed by atoms with E-state index in [2.05, 4.69) is 32.1 Å². The van der Waals surface area contributed by atoms with Gasteiger partial charge in [-0.2, -0.15) is 0 Å². The number of fused-ring (bicyclic) bond motifs is 5. The molecular weight excluding hydrogens is 274 g/mol. The van der Waals surface area contributed by atoms with Crippen molar-refractivity contribution in [2.45, 2.75) is 64.2 Å². The maximum Gasteiger partial charge on any atom is 0.168 e. The summed E-state index contributed by atoms with van der Waals surface area (Å²) in [7, 11) is 0. The Morgan fingerprint density at radius 2 is 1.86 bits per heavy atom. The lowest BCUT2D eigenvalue weighted by molar-refractivity contribution is -0.246. The first-order chi connectivity index (χ1) is 10.3. The average molecular weight is 303 g/mol. The van der Waals surface area contributed by atoms with Gasteiger partial charge in [0.2, 0.25) is 0 Å². The summed E-state index contributed by atoms with van der Waals surface area (Å²) in [6.45, 7) is 4.45. The minimum Gasteiger partial charge on any atom is -0.365 e. The molecule has 0 spiro atoms. The van der Waals surface area contributed by atoms with Crippen LogP contribution in [0.4, 0.5) is 0 Å². The van der Waals surface area contributed by atoms with Crippen LogP contribution in [0.3, 0.4) is 0 Å². The highest BCUT2D eigenvalue weighted by atomic mass is 16.5. The molecule has 0 amide bonds. The molecule has 4 aliphatic rings. The van der Waals surface area contributed by atoms with Crippen LogP contribution in [0, 0.1) is 28.6 Å². The van der Waals surface area contributed by atoms with Gasteiger partial charge in [-0.1, -0.05) is 37.6 Å². The second-order valence-corrected chi connectivity index (χ2v) is 8.59. The molecule has 122 valence electrons. The van der Waals surface area contributed by atoms with E-state index in [1.165, 1.54) is 5.57 Å². The molecule has 0 bridgehead atoms. The van der Waals surface area contributed by atoms with Crippen LogP contribution in [-0.2, 0) is 0 Å².